The Hall–Kier alpha value is -2.75. The molecule has 3 rings (SSSR count). The summed E-state index contributed by atoms with van der Waals surface area (Å²) in [5, 5.41) is 0. The second kappa shape index (κ2) is 11.1. The molecule has 27 heavy (non-hydrogen) atoms. The lowest BCUT2D eigenvalue weighted by Gasteiger charge is -2.21. The lowest BCUT2D eigenvalue weighted by molar-refractivity contribution is 0.721. The van der Waals surface area contributed by atoms with Crippen LogP contribution in [0.2, 0.25) is 0 Å². The van der Waals surface area contributed by atoms with Crippen molar-refractivity contribution in [3.63, 3.8) is 0 Å². The van der Waals surface area contributed by atoms with Gasteiger partial charge in [0.15, 0.2) is 0 Å². The zero-order valence-electron chi connectivity index (χ0n) is 16.0. The van der Waals surface area contributed by atoms with Gasteiger partial charge in [-0.05, 0) is 23.1 Å². The van der Waals surface area contributed by atoms with Crippen molar-refractivity contribution < 1.29 is 11.0 Å². The van der Waals surface area contributed by atoms with Gasteiger partial charge in [0.25, 0.3) is 0 Å². The normalized spacial score (nSPS) is 17.3. The lowest BCUT2D eigenvalue weighted by atomic mass is 9.85. The van der Waals surface area contributed by atoms with Crippen LogP contribution in [0.1, 0.15) is 36.5 Å². The molecule has 3 nitrogen and oxygen atoms in total. The van der Waals surface area contributed by atoms with Crippen LogP contribution in [-0.4, -0.2) is 23.7 Å². The smallest absolute Gasteiger partial charge is 0.0491 e. The van der Waals surface area contributed by atoms with E-state index in [9.17, 15) is 0 Å². The van der Waals surface area contributed by atoms with Crippen LogP contribution < -0.4 is 0 Å². The van der Waals surface area contributed by atoms with Crippen LogP contribution in [0.25, 0.3) is 17.7 Å². The average Bonchev–Trinajstić information content (AvgIpc) is 2.68. The van der Waals surface area contributed by atoms with Crippen LogP contribution in [-0.2, 0) is 0 Å². The molecule has 2 aromatic carbocycles. The maximum absolute atomic E-state index is 4.59. The van der Waals surface area contributed by atoms with Crippen LogP contribution in [0, 0.1) is 5.92 Å². The Morgan fingerprint density at radius 2 is 1.52 bits per heavy atom. The Morgan fingerprint density at radius 1 is 0.889 bits per heavy atom. The van der Waals surface area contributed by atoms with Gasteiger partial charge in [0.05, 0.1) is 0 Å². The zero-order chi connectivity index (χ0) is 17.5. The fraction of sp³-hybridized carbons (Fsp3) is 0.208. The summed E-state index contributed by atoms with van der Waals surface area (Å²) >= 11 is 0. The molecule has 0 saturated heterocycles. The molecule has 0 bridgehead atoms. The topological polar surface area (TPSA) is 75.4 Å². The molecule has 0 radical (unpaired) electrons. The van der Waals surface area contributed by atoms with Gasteiger partial charge in [-0.1, -0.05) is 98.3 Å². The van der Waals surface area contributed by atoms with Crippen molar-refractivity contribution in [1.82, 2.24) is 0 Å². The van der Waals surface area contributed by atoms with Gasteiger partial charge in [0.2, 0.25) is 0 Å². The van der Waals surface area contributed by atoms with Crippen molar-refractivity contribution >= 4 is 23.4 Å². The molecule has 0 amide bonds. The fourth-order valence-electron chi connectivity index (χ4n) is 3.27. The molecule has 1 aliphatic carbocycles. The molecule has 1 atom stereocenters. The first-order valence-electron chi connectivity index (χ1n) is 9.01. The van der Waals surface area contributed by atoms with Gasteiger partial charge >= 0.3 is 0 Å². The van der Waals surface area contributed by atoms with Gasteiger partial charge in [-0.2, -0.15) is 0 Å². The Labute approximate surface area is 162 Å². The SMILES string of the molecule is CCCC1C=CC=C(c2ccc(/C=C/c3ccccc3)cc2)C1=NC.O.O. The number of allylic oxidation sites excluding steroid dienone is 4. The third-order valence-electron chi connectivity index (χ3n) is 4.56. The number of nitrogens with zero attached hydrogens (tertiary/aromatic N) is 1. The molecular weight excluding hydrogens is 334 g/mol. The van der Waals surface area contributed by atoms with Crippen LogP contribution in [0.3, 0.4) is 0 Å². The highest BCUT2D eigenvalue weighted by molar-refractivity contribution is 6.26. The Bertz CT molecular complexity index is 815. The number of hydrogen-bond donors (Lipinski definition) is 0. The second-order valence-electron chi connectivity index (χ2n) is 6.34. The Morgan fingerprint density at radius 3 is 2.11 bits per heavy atom. The van der Waals surface area contributed by atoms with Crippen LogP contribution in [0.4, 0.5) is 0 Å². The first kappa shape index (κ1) is 22.3. The van der Waals surface area contributed by atoms with Gasteiger partial charge in [-0.15, -0.1) is 0 Å². The predicted octanol–water partition coefficient (Wildman–Crippen LogP) is 4.65. The standard InChI is InChI=1S/C24H25N.2H2O/c1-3-8-22-11-7-12-23(24(22)25-2)21-17-15-20(16-18-21)14-13-19-9-5-4-6-10-19;;/h4-7,9-18,22H,3,8H2,1-2H3;2*1H2/b14-13+,25-24?;;. The summed E-state index contributed by atoms with van der Waals surface area (Å²) in [7, 11) is 1.90. The van der Waals surface area contributed by atoms with E-state index in [0.29, 0.717) is 5.92 Å². The molecule has 3 heteroatoms. The number of aliphatic imine (C=N–C) groups is 1. The van der Waals surface area contributed by atoms with Crippen molar-refractivity contribution in [2.45, 2.75) is 19.8 Å². The summed E-state index contributed by atoms with van der Waals surface area (Å²) in [5.74, 6) is 0.438. The fourth-order valence-corrected chi connectivity index (χ4v) is 3.27. The summed E-state index contributed by atoms with van der Waals surface area (Å²) in [6.45, 7) is 2.23. The maximum atomic E-state index is 4.59. The van der Waals surface area contributed by atoms with E-state index in [1.54, 1.807) is 0 Å². The summed E-state index contributed by atoms with van der Waals surface area (Å²) in [5.41, 5.74) is 6.12. The van der Waals surface area contributed by atoms with E-state index in [1.807, 2.05) is 13.1 Å². The molecule has 0 spiro atoms. The van der Waals surface area contributed by atoms with Crippen molar-refractivity contribution in [3.8, 4) is 0 Å². The monoisotopic (exact) mass is 363 g/mol. The van der Waals surface area contributed by atoms with Gasteiger partial charge in [0.1, 0.15) is 0 Å². The van der Waals surface area contributed by atoms with E-state index < -0.39 is 0 Å². The molecule has 1 aliphatic rings. The molecule has 0 aliphatic heterocycles. The molecule has 142 valence electrons. The summed E-state index contributed by atoms with van der Waals surface area (Å²) in [6.07, 6.45) is 13.3. The summed E-state index contributed by atoms with van der Waals surface area (Å²) in [4.78, 5) is 4.59. The highest BCUT2D eigenvalue weighted by atomic mass is 16.0. The number of hydrogen-bond acceptors (Lipinski definition) is 1. The highest BCUT2D eigenvalue weighted by Crippen LogP contribution is 2.28. The van der Waals surface area contributed by atoms with Crippen LogP contribution in [0.5, 0.6) is 0 Å². The third kappa shape index (κ3) is 5.61. The van der Waals surface area contributed by atoms with E-state index >= 15 is 0 Å². The molecule has 0 heterocycles. The maximum Gasteiger partial charge on any atom is 0.0491 e. The number of rotatable bonds is 5. The Kier molecular flexibility index (Phi) is 9.14. The molecule has 0 fully saturated rings. The van der Waals surface area contributed by atoms with Crippen molar-refractivity contribution in [2.24, 2.45) is 10.9 Å². The van der Waals surface area contributed by atoms with E-state index in [1.165, 1.54) is 34.4 Å². The van der Waals surface area contributed by atoms with Crippen molar-refractivity contribution in [1.29, 1.82) is 0 Å². The molecule has 2 aromatic rings. The van der Waals surface area contributed by atoms with Gasteiger partial charge in [-0.25, -0.2) is 0 Å². The minimum Gasteiger partial charge on any atom is -0.412 e. The second-order valence-corrected chi connectivity index (χ2v) is 6.34. The molecular formula is C24H29NO2. The Balaban J connectivity index is 0.00000182. The van der Waals surface area contributed by atoms with E-state index in [2.05, 4.69) is 90.8 Å². The average molecular weight is 364 g/mol. The third-order valence-corrected chi connectivity index (χ3v) is 4.56. The van der Waals surface area contributed by atoms with Crippen LogP contribution >= 0.6 is 0 Å². The van der Waals surface area contributed by atoms with Gasteiger partial charge in [-0.3, -0.25) is 4.99 Å². The van der Waals surface area contributed by atoms with Gasteiger partial charge < -0.3 is 11.0 Å². The van der Waals surface area contributed by atoms with E-state index in [4.69, 9.17) is 0 Å². The molecule has 4 N–H and O–H groups in total. The van der Waals surface area contributed by atoms with Crippen molar-refractivity contribution in [3.05, 3.63) is 89.5 Å². The van der Waals surface area contributed by atoms with Gasteiger partial charge in [0, 0.05) is 24.3 Å². The first-order valence-corrected chi connectivity index (χ1v) is 9.01. The minimum atomic E-state index is 0. The van der Waals surface area contributed by atoms with E-state index in [-0.39, 0.29) is 11.0 Å². The largest absolute Gasteiger partial charge is 0.412 e. The predicted molar refractivity (Wildman–Crippen MR) is 118 cm³/mol. The molecule has 0 saturated carbocycles. The molecule has 0 aromatic heterocycles. The lowest BCUT2D eigenvalue weighted by Crippen LogP contribution is -2.16. The minimum absolute atomic E-state index is 0. The first-order chi connectivity index (χ1) is 12.3. The number of benzene rings is 2. The summed E-state index contributed by atoms with van der Waals surface area (Å²) < 4.78 is 0. The van der Waals surface area contributed by atoms with Crippen molar-refractivity contribution in [2.75, 3.05) is 7.05 Å². The quantitative estimate of drug-likeness (QED) is 0.694. The van der Waals surface area contributed by atoms with Crippen LogP contribution in [0.15, 0.2) is 77.8 Å². The van der Waals surface area contributed by atoms with E-state index in [0.717, 1.165) is 6.42 Å². The molecule has 1 unspecified atom stereocenters. The zero-order valence-corrected chi connectivity index (χ0v) is 16.0. The highest BCUT2D eigenvalue weighted by Gasteiger charge is 2.19. The summed E-state index contributed by atoms with van der Waals surface area (Å²) in [6, 6.07) is 19.1.